The molecular formula is C135H184O8. The fourth-order valence-corrected chi connectivity index (χ4v) is 21.4. The van der Waals surface area contributed by atoms with E-state index in [1.165, 1.54) is 160 Å². The SMILES string of the molecule is CCCC(=O)C(CCCCCC(=O)c1ccc(/C=C(\C)c2ccc3c(c2)C(C)(C)CCC3(C)C)cc1)CC(=O)c1ccc(/C=C(\C)c2ccc3c(c2)C(C)(C)CCC3(C)C)cc1.CCCC(C)=O.CCCC(C)=O.CCCCC.CCCCCC(=O)C(CCCCCC(=O)c1ccc(/C=C(\C)c2ccc3c(c2)C(C)(C)CCC3(C)C)cc1)CC(=O)c1ccc(/C=C(\C)c2ccc3c(c2)C(C)(C)CCC3(C)C)cc1. The highest BCUT2D eigenvalue weighted by atomic mass is 16.2. The van der Waals surface area contributed by atoms with Crippen LogP contribution in [0, 0.1) is 11.8 Å². The normalized spacial score (nSPS) is 16.8. The van der Waals surface area contributed by atoms with Crippen LogP contribution in [0.15, 0.2) is 170 Å². The van der Waals surface area contributed by atoms with Crippen LogP contribution in [0.2, 0.25) is 0 Å². The van der Waals surface area contributed by atoms with Crippen molar-refractivity contribution in [2.24, 2.45) is 11.8 Å². The molecule has 143 heavy (non-hydrogen) atoms. The minimum absolute atomic E-state index is 0.0191. The Hall–Kier alpha value is -9.92. The molecule has 0 bridgehead atoms. The third-order valence-corrected chi connectivity index (χ3v) is 31.8. The highest BCUT2D eigenvalue weighted by Crippen LogP contribution is 2.51. The zero-order valence-electron chi connectivity index (χ0n) is 94.2. The van der Waals surface area contributed by atoms with Crippen molar-refractivity contribution in [3.63, 3.8) is 0 Å². The van der Waals surface area contributed by atoms with E-state index in [4.69, 9.17) is 0 Å². The van der Waals surface area contributed by atoms with Gasteiger partial charge in [-0.25, -0.2) is 0 Å². The Morgan fingerprint density at radius 2 is 0.441 bits per heavy atom. The molecule has 0 radical (unpaired) electrons. The van der Waals surface area contributed by atoms with Crippen molar-refractivity contribution in [3.8, 4) is 0 Å². The fraction of sp³-hybridized carbons (Fsp3) is 0.526. The van der Waals surface area contributed by atoms with E-state index < -0.39 is 0 Å². The van der Waals surface area contributed by atoms with Crippen LogP contribution < -0.4 is 0 Å². The van der Waals surface area contributed by atoms with Crippen LogP contribution in [0.4, 0.5) is 0 Å². The Morgan fingerprint density at radius 1 is 0.224 bits per heavy atom. The van der Waals surface area contributed by atoms with Crippen molar-refractivity contribution >= 4 is 92.9 Å². The average Bonchev–Trinajstić information content (AvgIpc) is 0.765. The molecule has 0 aromatic heterocycles. The number of allylic oxidation sites excluding steroid dienone is 4. The minimum atomic E-state index is -0.290. The first-order chi connectivity index (χ1) is 67.4. The Balaban J connectivity index is 0.000000300. The molecule has 0 amide bonds. The van der Waals surface area contributed by atoms with E-state index in [1.54, 1.807) is 13.8 Å². The van der Waals surface area contributed by atoms with Crippen LogP contribution in [0.3, 0.4) is 0 Å². The van der Waals surface area contributed by atoms with Gasteiger partial charge in [0.25, 0.3) is 0 Å². The van der Waals surface area contributed by atoms with Gasteiger partial charge in [0, 0.05) is 85.5 Å². The molecule has 0 saturated carbocycles. The minimum Gasteiger partial charge on any atom is -0.300 e. The Kier molecular flexibility index (Phi) is 44.6. The molecule has 2 atom stereocenters. The van der Waals surface area contributed by atoms with Gasteiger partial charge >= 0.3 is 0 Å². The van der Waals surface area contributed by atoms with Gasteiger partial charge in [-0.05, 0) is 299 Å². The predicted octanol–water partition coefficient (Wildman–Crippen LogP) is 37.5. The first-order valence-electron chi connectivity index (χ1n) is 55.3. The number of ketones is 8. The summed E-state index contributed by atoms with van der Waals surface area (Å²) in [4.78, 5) is 100. The second-order valence-corrected chi connectivity index (χ2v) is 48.0. The molecule has 0 aliphatic heterocycles. The Morgan fingerprint density at radius 3 is 0.657 bits per heavy atom. The molecule has 8 heteroatoms. The van der Waals surface area contributed by atoms with Gasteiger partial charge in [-0.2, -0.15) is 0 Å². The third-order valence-electron chi connectivity index (χ3n) is 31.8. The maximum absolute atomic E-state index is 13.7. The van der Waals surface area contributed by atoms with Gasteiger partial charge in [0.15, 0.2) is 23.1 Å². The van der Waals surface area contributed by atoms with Crippen molar-refractivity contribution < 1.29 is 38.4 Å². The molecule has 772 valence electrons. The molecule has 4 aliphatic carbocycles. The number of Topliss-reactive ketones (excluding diaryl/α,β-unsaturated/α-hetero) is 8. The molecular weight excluding hydrogens is 1750 g/mol. The first-order valence-corrected chi connectivity index (χ1v) is 55.3. The van der Waals surface area contributed by atoms with E-state index in [9.17, 15) is 38.4 Å². The molecule has 8 nitrogen and oxygen atoms in total. The van der Waals surface area contributed by atoms with E-state index in [0.717, 1.165) is 123 Å². The van der Waals surface area contributed by atoms with Crippen molar-refractivity contribution in [1.82, 2.24) is 0 Å². The van der Waals surface area contributed by atoms with Crippen LogP contribution >= 0.6 is 0 Å². The number of benzene rings is 8. The smallest absolute Gasteiger partial charge is 0.163 e. The van der Waals surface area contributed by atoms with E-state index >= 15 is 0 Å². The van der Waals surface area contributed by atoms with Crippen molar-refractivity contribution in [3.05, 3.63) is 281 Å². The summed E-state index contributed by atoms with van der Waals surface area (Å²) in [5.74, 6) is 0.722. The number of carbonyl (C=O) groups is 8. The molecule has 0 N–H and O–H groups in total. The number of carbonyl (C=O) groups excluding carboxylic acids is 8. The standard InChI is InChI=1S/C61H78O3.C59H74O3.2C5H10O.C5H12/c1-12-13-15-19-56(63)50(41-57(64)47-27-23-45(24-28-47)38-43(3)49-30-32-52-54(40-49)61(10,11)36-34-59(52,6)7)18-16-14-17-20-55(62)46-25-21-44(22-26-46)37-42(2)48-29-31-51-53(39-48)60(8,9)35-33-58(51,4)5;1-12-16-53(60)48(39-55(62)45-25-21-43(22-26-45)36-41(3)47-28-30-50-52(38-47)59(10,11)34-32-57(50,6)7)17-14-13-15-18-54(61)44-23-19-42(20-24-44)35-40(2)46-27-29-49-51(37-46)58(8,9)33-31-56(49,4)5;2*1-3-4-5(2)6;1-3-5-4-2/h21-32,37-40,50H,12-20,33-36,41H2,1-11H3;19-30,35-38,48H,12-18,31-34,39H2,1-11H3;2*3-4H2,1-2H3;3-5H2,1-2H3/b42-37+,43-38+;40-35+,41-36+;;;. The van der Waals surface area contributed by atoms with Gasteiger partial charge in [-0.3, -0.25) is 28.8 Å². The van der Waals surface area contributed by atoms with Crippen LogP contribution in [-0.4, -0.2) is 46.3 Å². The van der Waals surface area contributed by atoms with Gasteiger partial charge in [0.05, 0.1) is 0 Å². The molecule has 8 aromatic rings. The van der Waals surface area contributed by atoms with Gasteiger partial charge in [-0.1, -0.05) is 404 Å². The van der Waals surface area contributed by atoms with Gasteiger partial charge in [0.1, 0.15) is 23.1 Å². The summed E-state index contributed by atoms with van der Waals surface area (Å²) in [5, 5.41) is 0. The van der Waals surface area contributed by atoms with Crippen LogP contribution in [0.25, 0.3) is 46.6 Å². The fourth-order valence-electron chi connectivity index (χ4n) is 21.4. The largest absolute Gasteiger partial charge is 0.300 e. The van der Waals surface area contributed by atoms with E-state index in [0.29, 0.717) is 49.7 Å². The summed E-state index contributed by atoms with van der Waals surface area (Å²) >= 11 is 0. The third kappa shape index (κ3) is 34.6. The number of rotatable bonds is 42. The lowest BCUT2D eigenvalue weighted by Gasteiger charge is -2.42. The number of unbranched alkanes of at least 4 members (excludes halogenated alkanes) is 8. The first kappa shape index (κ1) is 118. The lowest BCUT2D eigenvalue weighted by atomic mass is 9.63. The van der Waals surface area contributed by atoms with Crippen LogP contribution in [0.1, 0.15) is 536 Å². The molecule has 2 unspecified atom stereocenters. The van der Waals surface area contributed by atoms with Gasteiger partial charge in [-0.15, -0.1) is 0 Å². The predicted molar refractivity (Wildman–Crippen MR) is 612 cm³/mol. The molecule has 0 fully saturated rings. The monoisotopic (exact) mass is 1930 g/mol. The van der Waals surface area contributed by atoms with Gasteiger partial charge in [0.2, 0.25) is 0 Å². The maximum atomic E-state index is 13.7. The average molecular weight is 1930 g/mol. The lowest BCUT2D eigenvalue weighted by molar-refractivity contribution is -0.123. The molecule has 0 heterocycles. The Bertz CT molecular complexity index is 5710. The summed E-state index contributed by atoms with van der Waals surface area (Å²) in [7, 11) is 0. The summed E-state index contributed by atoms with van der Waals surface area (Å²) in [5.41, 5.74) is 30.0. The summed E-state index contributed by atoms with van der Waals surface area (Å²) in [6.07, 6.45) is 38.3. The topological polar surface area (TPSA) is 137 Å². The van der Waals surface area contributed by atoms with E-state index in [-0.39, 0.29) is 114 Å². The zero-order valence-corrected chi connectivity index (χ0v) is 94.2. The van der Waals surface area contributed by atoms with Crippen molar-refractivity contribution in [1.29, 1.82) is 0 Å². The van der Waals surface area contributed by atoms with Crippen LogP contribution in [-0.2, 0) is 62.5 Å². The zero-order chi connectivity index (χ0) is 106. The molecule has 0 spiro atoms. The molecule has 12 rings (SSSR count). The highest BCUT2D eigenvalue weighted by Gasteiger charge is 2.42. The number of hydrogen-bond acceptors (Lipinski definition) is 8. The number of hydrogen-bond donors (Lipinski definition) is 0. The molecule has 0 saturated heterocycles. The molecule has 8 aromatic carbocycles. The second kappa shape index (κ2) is 54.0. The maximum Gasteiger partial charge on any atom is 0.163 e. The van der Waals surface area contributed by atoms with E-state index in [2.05, 4.69) is 268 Å². The quantitative estimate of drug-likeness (QED) is 0.0210. The van der Waals surface area contributed by atoms with Crippen molar-refractivity contribution in [2.75, 3.05) is 0 Å². The lowest BCUT2D eigenvalue weighted by Crippen LogP contribution is -2.33. The highest BCUT2D eigenvalue weighted by molar-refractivity contribution is 6.01. The van der Waals surface area contributed by atoms with Gasteiger partial charge < -0.3 is 9.59 Å². The Labute approximate surface area is 867 Å². The summed E-state index contributed by atoms with van der Waals surface area (Å²) in [6.45, 7) is 62.3. The summed E-state index contributed by atoms with van der Waals surface area (Å²) < 4.78 is 0. The van der Waals surface area contributed by atoms with Crippen molar-refractivity contribution in [2.45, 2.75) is 449 Å². The molecule has 4 aliphatic rings. The van der Waals surface area contributed by atoms with E-state index in [1.807, 2.05) is 106 Å². The second-order valence-electron chi connectivity index (χ2n) is 48.0. The number of fused-ring (bicyclic) bond motifs is 4. The van der Waals surface area contributed by atoms with Crippen LogP contribution in [0.5, 0.6) is 0 Å². The summed E-state index contributed by atoms with van der Waals surface area (Å²) in [6, 6.07) is 59.7.